The number of amides is 14. The zero-order valence-electron chi connectivity index (χ0n) is 64.6. The van der Waals surface area contributed by atoms with Crippen LogP contribution in [0, 0.1) is 5.92 Å². The Morgan fingerprint density at radius 3 is 1.33 bits per heavy atom. The number of unbranched alkanes of at least 4 members (excludes halogenated alkanes) is 3. The zero-order valence-corrected chi connectivity index (χ0v) is 64.6. The van der Waals surface area contributed by atoms with E-state index in [2.05, 4.69) is 74.4 Å². The largest absolute Gasteiger partial charge is 0.444 e. The maximum Gasteiger partial charge on any atom is 0.407 e. The van der Waals surface area contributed by atoms with Crippen LogP contribution < -0.4 is 74.4 Å². The van der Waals surface area contributed by atoms with Crippen molar-refractivity contribution in [2.45, 2.75) is 290 Å². The van der Waals surface area contributed by atoms with Gasteiger partial charge in [0, 0.05) is 39.1 Å². The Bertz CT molecular complexity index is 3070. The van der Waals surface area contributed by atoms with E-state index in [-0.39, 0.29) is 44.7 Å². The van der Waals surface area contributed by atoms with Gasteiger partial charge in [0.2, 0.25) is 59.1 Å². The van der Waals surface area contributed by atoms with Crippen molar-refractivity contribution in [2.24, 2.45) is 5.92 Å². The van der Waals surface area contributed by atoms with Crippen molar-refractivity contribution in [3.05, 3.63) is 35.9 Å². The number of ether oxygens (including phenoxy) is 4. The third-order valence-corrected chi connectivity index (χ3v) is 15.3. The molecule has 35 nitrogen and oxygen atoms in total. The maximum absolute atomic E-state index is 15.2. The summed E-state index contributed by atoms with van der Waals surface area (Å²) in [7, 11) is 0. The SMILES string of the molecule is CCCCCCC(O)C(=O)N[C@H](C(=O)N[C@@H](CCNC(=O)OC(C)(C)C)C(=O)N[C@H]1CCNC(=O)[C@H](C(C)O)NC(=O)[C@H](CCNC(=O)OC(C)(C)C)NC(=O)[C@H](CCNC(=O)OC(C)(C)C)NC(=O)[C@H](CC(C)C)NC(=O)[C@@H](Cc2ccccc2)NC(=O)[C@H](CCNC(=O)OC(C)(C)C)NC1=O)C(C)O. The number of nitrogens with one attached hydrogen (secondary N) is 14. The number of aliphatic hydroxyl groups is 3. The molecule has 1 heterocycles. The second-order valence-electron chi connectivity index (χ2n) is 30.5. The fourth-order valence-corrected chi connectivity index (χ4v) is 10.2. The lowest BCUT2D eigenvalue weighted by atomic mass is 10.00. The number of aliphatic hydroxyl groups excluding tert-OH is 3. The van der Waals surface area contributed by atoms with Gasteiger partial charge in [0.05, 0.1) is 12.2 Å². The highest BCUT2D eigenvalue weighted by Gasteiger charge is 2.39. The van der Waals surface area contributed by atoms with Gasteiger partial charge in [-0.3, -0.25) is 47.9 Å². The highest BCUT2D eigenvalue weighted by molar-refractivity contribution is 5.99. The molecule has 0 aromatic heterocycles. The van der Waals surface area contributed by atoms with E-state index in [4.69, 9.17) is 18.9 Å². The van der Waals surface area contributed by atoms with Crippen LogP contribution in [0.1, 0.15) is 194 Å². The zero-order chi connectivity index (χ0) is 80.5. The van der Waals surface area contributed by atoms with Crippen molar-refractivity contribution in [3.63, 3.8) is 0 Å². The Morgan fingerprint density at radius 1 is 0.481 bits per heavy atom. The van der Waals surface area contributed by atoms with Crippen molar-refractivity contribution >= 4 is 83.4 Å². The smallest absolute Gasteiger partial charge is 0.407 e. The number of carbonyl (C=O) groups excluding carboxylic acids is 14. The monoisotopic (exact) mass is 1500 g/mol. The molecule has 0 bridgehead atoms. The summed E-state index contributed by atoms with van der Waals surface area (Å²) in [4.78, 5) is 198. The third-order valence-electron chi connectivity index (χ3n) is 15.3. The third kappa shape index (κ3) is 38.8. The molecule has 0 spiro atoms. The van der Waals surface area contributed by atoms with Crippen molar-refractivity contribution < 1.29 is 101 Å². The lowest BCUT2D eigenvalue weighted by Crippen LogP contribution is -2.61. The van der Waals surface area contributed by atoms with Crippen LogP contribution in [0.4, 0.5) is 19.2 Å². The Kier molecular flexibility index (Phi) is 39.2. The first kappa shape index (κ1) is 93.0. The van der Waals surface area contributed by atoms with Crippen molar-refractivity contribution in [1.82, 2.24) is 74.4 Å². The van der Waals surface area contributed by atoms with E-state index in [9.17, 15) is 68.1 Å². The molecular formula is C71H120N14O21. The summed E-state index contributed by atoms with van der Waals surface area (Å²) in [5, 5.41) is 68.1. The quantitative estimate of drug-likeness (QED) is 0.0391. The molecule has 1 saturated heterocycles. The summed E-state index contributed by atoms with van der Waals surface area (Å²) < 4.78 is 21.5. The van der Waals surface area contributed by atoms with Gasteiger partial charge < -0.3 is 109 Å². The normalized spacial score (nSPS) is 20.7. The molecular weight excluding hydrogens is 1380 g/mol. The minimum atomic E-state index is -1.89. The van der Waals surface area contributed by atoms with Crippen LogP contribution in [-0.4, -0.2) is 227 Å². The van der Waals surface area contributed by atoms with Crippen molar-refractivity contribution in [1.29, 1.82) is 0 Å². The first-order chi connectivity index (χ1) is 49.2. The van der Waals surface area contributed by atoms with Crippen LogP contribution in [0.5, 0.6) is 0 Å². The molecule has 600 valence electrons. The highest BCUT2D eigenvalue weighted by Crippen LogP contribution is 2.15. The summed E-state index contributed by atoms with van der Waals surface area (Å²) >= 11 is 0. The van der Waals surface area contributed by atoms with Gasteiger partial charge in [-0.15, -0.1) is 0 Å². The Balaban J connectivity index is 3.08. The molecule has 17 N–H and O–H groups in total. The minimum absolute atomic E-state index is 0.0161. The van der Waals surface area contributed by atoms with Crippen LogP contribution >= 0.6 is 0 Å². The summed E-state index contributed by atoms with van der Waals surface area (Å²) in [5.74, 6) is -11.3. The first-order valence-corrected chi connectivity index (χ1v) is 36.1. The second-order valence-corrected chi connectivity index (χ2v) is 30.5. The maximum atomic E-state index is 15.2. The molecule has 106 heavy (non-hydrogen) atoms. The molecule has 35 heteroatoms. The summed E-state index contributed by atoms with van der Waals surface area (Å²) in [6.45, 7) is 24.7. The number of rotatable bonds is 29. The van der Waals surface area contributed by atoms with Crippen LogP contribution in [0.2, 0.25) is 0 Å². The van der Waals surface area contributed by atoms with Crippen LogP contribution in [0.3, 0.4) is 0 Å². The number of alkyl carbamates (subject to hydrolysis) is 4. The molecule has 12 atom stereocenters. The molecule has 1 aromatic carbocycles. The standard InChI is InChI=1S/C71H120N14O21/c1-18-19-20-24-27-51(88)61(96)85-53(42(5)87)63(98)81-47(31-36-75-66(101)105-70(12,13)14)56(91)77-44-28-33-72-62(97)52(41(4)86)84-58(93)48(32-37-76-67(102)106-71(15,16)17)79-55(90)45(29-34-73-64(99)103-68(6,7)8)80-59(94)49(38-40(2)3)82-60(95)50(39-43-25-22-21-23-26-43)83-57(92)46(78-54(44)89)30-35-74-65(100)104-69(9,10)11/h21-23,25-26,40-42,44-53,86-88H,18-20,24,27-39H2,1-17H3,(H,72,97)(H,73,99)(H,74,100)(H,75,101)(H,76,102)(H,77,91)(H,78,89)(H,79,90)(H,80,94)(H,81,98)(H,82,95)(H,83,92)(H,84,93)(H,85,96)/t41?,42?,44-,45-,46-,47-,48-,49-,50+,51?,52-,53-/m0/s1. The molecule has 3 unspecified atom stereocenters. The fourth-order valence-electron chi connectivity index (χ4n) is 10.2. The van der Waals surface area contributed by atoms with E-state index in [1.165, 1.54) is 0 Å². The van der Waals surface area contributed by atoms with Gasteiger partial charge in [0.15, 0.2) is 0 Å². The molecule has 1 aliphatic rings. The summed E-state index contributed by atoms with van der Waals surface area (Å²) in [5.41, 5.74) is -3.45. The number of carbonyl (C=O) groups is 14. The van der Waals surface area contributed by atoms with Gasteiger partial charge in [0.1, 0.15) is 82.9 Å². The van der Waals surface area contributed by atoms with E-state index < -0.39 is 224 Å². The molecule has 1 aliphatic heterocycles. The van der Waals surface area contributed by atoms with Gasteiger partial charge in [0.25, 0.3) is 0 Å². The van der Waals surface area contributed by atoms with Crippen LogP contribution in [-0.2, 0) is 73.3 Å². The molecule has 0 radical (unpaired) electrons. The van der Waals surface area contributed by atoms with E-state index in [0.717, 1.165) is 26.7 Å². The molecule has 0 saturated carbocycles. The molecule has 1 fully saturated rings. The fraction of sp³-hybridized carbons (Fsp3) is 0.718. The van der Waals surface area contributed by atoms with E-state index in [1.807, 2.05) is 6.92 Å². The Hall–Kier alpha value is -9.12. The summed E-state index contributed by atoms with van der Waals surface area (Å²) in [6, 6.07) is -7.32. The number of hydrogen-bond donors (Lipinski definition) is 17. The first-order valence-electron chi connectivity index (χ1n) is 36.1. The average Bonchev–Trinajstić information content (AvgIpc) is 0.922. The number of benzene rings is 1. The lowest BCUT2D eigenvalue weighted by Gasteiger charge is -2.29. The Labute approximate surface area is 621 Å². The number of hydrogen-bond acceptors (Lipinski definition) is 21. The Morgan fingerprint density at radius 2 is 0.896 bits per heavy atom. The van der Waals surface area contributed by atoms with Gasteiger partial charge in [-0.25, -0.2) is 19.2 Å². The van der Waals surface area contributed by atoms with Gasteiger partial charge in [-0.05, 0) is 153 Å². The summed E-state index contributed by atoms with van der Waals surface area (Å²) in [6.07, 6.45) is -8.63. The van der Waals surface area contributed by atoms with Crippen LogP contribution in [0.25, 0.3) is 0 Å². The molecule has 2 rings (SSSR count). The van der Waals surface area contributed by atoms with Crippen LogP contribution in [0.15, 0.2) is 30.3 Å². The van der Waals surface area contributed by atoms with E-state index in [0.29, 0.717) is 18.4 Å². The van der Waals surface area contributed by atoms with Crippen molar-refractivity contribution in [3.8, 4) is 0 Å². The van der Waals surface area contributed by atoms with Gasteiger partial charge in [-0.2, -0.15) is 0 Å². The second kappa shape index (κ2) is 44.8. The predicted octanol–water partition coefficient (Wildman–Crippen LogP) is 0.910. The molecule has 1 aromatic rings. The van der Waals surface area contributed by atoms with Gasteiger partial charge in [-0.1, -0.05) is 76.8 Å². The van der Waals surface area contributed by atoms with Crippen molar-refractivity contribution in [2.75, 3.05) is 32.7 Å². The van der Waals surface area contributed by atoms with E-state index >= 15 is 14.4 Å². The highest BCUT2D eigenvalue weighted by atomic mass is 16.6. The molecule has 14 amide bonds. The predicted molar refractivity (Wildman–Crippen MR) is 388 cm³/mol. The van der Waals surface area contributed by atoms with E-state index in [1.54, 1.807) is 127 Å². The topological polar surface area (TPSA) is 505 Å². The van der Waals surface area contributed by atoms with Gasteiger partial charge >= 0.3 is 24.4 Å². The average molecular weight is 1510 g/mol. The minimum Gasteiger partial charge on any atom is -0.444 e. The lowest BCUT2D eigenvalue weighted by molar-refractivity contribution is -0.138. The molecule has 0 aliphatic carbocycles.